The van der Waals surface area contributed by atoms with E-state index >= 15 is 0 Å². The maximum absolute atomic E-state index is 12.2. The normalized spacial score (nSPS) is 11.2. The molecule has 0 atom stereocenters. The van der Waals surface area contributed by atoms with Crippen LogP contribution in [-0.2, 0) is 11.3 Å². The zero-order valence-electron chi connectivity index (χ0n) is 21.1. The predicted octanol–water partition coefficient (Wildman–Crippen LogP) is 8.96. The molecular weight excluding hydrogens is 521 g/mol. The van der Waals surface area contributed by atoms with Gasteiger partial charge in [0.25, 0.3) is 0 Å². The molecule has 192 valence electrons. The number of nitrogens with zero attached hydrogens (tertiary/aromatic N) is 1. The number of esters is 1. The first-order chi connectivity index (χ1) is 18.4. The van der Waals surface area contributed by atoms with Gasteiger partial charge in [-0.1, -0.05) is 84.7 Å². The number of carbonyl (C=O) groups excluding carboxylic acids is 1. The molecule has 5 rings (SSSR count). The smallest absolute Gasteiger partial charge is 0.338 e. The summed E-state index contributed by atoms with van der Waals surface area (Å²) in [5.74, 6) is 1.16. The van der Waals surface area contributed by atoms with Crippen molar-refractivity contribution in [2.75, 3.05) is 7.11 Å². The van der Waals surface area contributed by atoms with Gasteiger partial charge in [0.05, 0.1) is 28.3 Å². The van der Waals surface area contributed by atoms with Gasteiger partial charge in [-0.3, -0.25) is 0 Å². The Kier molecular flexibility index (Phi) is 7.41. The number of methoxy groups -OCH3 is 1. The zero-order chi connectivity index (χ0) is 26.8. The fraction of sp³-hybridized carbons (Fsp3) is 0.161. The quantitative estimate of drug-likeness (QED) is 0.191. The molecule has 0 saturated heterocycles. The molecule has 0 fully saturated rings. The third-order valence-corrected chi connectivity index (χ3v) is 7.03. The minimum absolute atomic E-state index is 0.0984. The van der Waals surface area contributed by atoms with Crippen molar-refractivity contribution in [1.82, 2.24) is 5.16 Å². The second-order valence-electron chi connectivity index (χ2n) is 9.17. The Morgan fingerprint density at radius 2 is 1.61 bits per heavy atom. The van der Waals surface area contributed by atoms with Crippen LogP contribution in [0.3, 0.4) is 0 Å². The molecule has 0 bridgehead atoms. The van der Waals surface area contributed by atoms with Crippen LogP contribution in [-0.4, -0.2) is 18.2 Å². The molecule has 0 aliphatic rings. The van der Waals surface area contributed by atoms with Crippen molar-refractivity contribution in [3.05, 3.63) is 106 Å². The monoisotopic (exact) mass is 545 g/mol. The van der Waals surface area contributed by atoms with Crippen LogP contribution < -0.4 is 4.74 Å². The molecule has 7 heteroatoms. The molecule has 0 N–H and O–H groups in total. The SMILES string of the molecule is COC(=O)c1cccc2ccc(-c3ccc(OCc4c(-c5c(Cl)cccc5Cl)noc4C(C)C)cc3)cc12. The number of benzene rings is 4. The summed E-state index contributed by atoms with van der Waals surface area (Å²) in [6.07, 6.45) is 0. The molecule has 0 spiro atoms. The molecule has 0 unspecified atom stereocenters. The summed E-state index contributed by atoms with van der Waals surface area (Å²) in [6, 6.07) is 24.8. The maximum Gasteiger partial charge on any atom is 0.338 e. The highest BCUT2D eigenvalue weighted by atomic mass is 35.5. The number of fused-ring (bicyclic) bond motifs is 1. The Balaban J connectivity index is 1.41. The molecule has 0 aliphatic heterocycles. The van der Waals surface area contributed by atoms with Gasteiger partial charge in [0.2, 0.25) is 0 Å². The van der Waals surface area contributed by atoms with Gasteiger partial charge in [-0.15, -0.1) is 0 Å². The maximum atomic E-state index is 12.2. The fourth-order valence-electron chi connectivity index (χ4n) is 4.47. The Labute approximate surface area is 230 Å². The van der Waals surface area contributed by atoms with Gasteiger partial charge in [-0.05, 0) is 58.3 Å². The first-order valence-corrected chi connectivity index (χ1v) is 12.9. The number of halogens is 2. The zero-order valence-corrected chi connectivity index (χ0v) is 22.6. The largest absolute Gasteiger partial charge is 0.489 e. The summed E-state index contributed by atoms with van der Waals surface area (Å²) in [4.78, 5) is 12.2. The van der Waals surface area contributed by atoms with Gasteiger partial charge in [-0.2, -0.15) is 0 Å². The van der Waals surface area contributed by atoms with E-state index in [4.69, 9.17) is 37.2 Å². The molecule has 0 amide bonds. The minimum atomic E-state index is -0.358. The van der Waals surface area contributed by atoms with E-state index in [1.807, 2.05) is 68.4 Å². The van der Waals surface area contributed by atoms with E-state index in [0.717, 1.165) is 33.2 Å². The van der Waals surface area contributed by atoms with Crippen molar-refractivity contribution in [3.63, 3.8) is 0 Å². The average molecular weight is 546 g/mol. The summed E-state index contributed by atoms with van der Waals surface area (Å²) in [6.45, 7) is 4.31. The van der Waals surface area contributed by atoms with E-state index in [1.165, 1.54) is 7.11 Å². The van der Waals surface area contributed by atoms with Crippen LogP contribution in [0.25, 0.3) is 33.2 Å². The molecule has 0 saturated carbocycles. The van der Waals surface area contributed by atoms with E-state index in [0.29, 0.717) is 32.6 Å². The lowest BCUT2D eigenvalue weighted by Gasteiger charge is -2.12. The molecule has 5 nitrogen and oxygen atoms in total. The van der Waals surface area contributed by atoms with Crippen LogP contribution >= 0.6 is 23.2 Å². The molecule has 4 aromatic carbocycles. The third kappa shape index (κ3) is 5.00. The lowest BCUT2D eigenvalue weighted by atomic mass is 9.98. The minimum Gasteiger partial charge on any atom is -0.489 e. The second-order valence-corrected chi connectivity index (χ2v) is 9.99. The molecule has 0 radical (unpaired) electrons. The Bertz CT molecular complexity index is 1600. The Hall–Kier alpha value is -3.80. The summed E-state index contributed by atoms with van der Waals surface area (Å²) in [5, 5.41) is 7.10. The van der Waals surface area contributed by atoms with Crippen LogP contribution in [0.5, 0.6) is 5.75 Å². The highest BCUT2D eigenvalue weighted by Crippen LogP contribution is 2.39. The molecule has 38 heavy (non-hydrogen) atoms. The van der Waals surface area contributed by atoms with Crippen LogP contribution in [0.2, 0.25) is 10.0 Å². The second kappa shape index (κ2) is 10.9. The Morgan fingerprint density at radius 3 is 2.29 bits per heavy atom. The number of hydrogen-bond donors (Lipinski definition) is 0. The van der Waals surface area contributed by atoms with Crippen molar-refractivity contribution >= 4 is 39.9 Å². The van der Waals surface area contributed by atoms with E-state index in [1.54, 1.807) is 24.3 Å². The number of rotatable bonds is 7. The number of aromatic nitrogens is 1. The van der Waals surface area contributed by atoms with E-state index in [-0.39, 0.29) is 18.5 Å². The van der Waals surface area contributed by atoms with Crippen molar-refractivity contribution in [1.29, 1.82) is 0 Å². The van der Waals surface area contributed by atoms with Gasteiger partial charge < -0.3 is 14.0 Å². The Morgan fingerprint density at radius 1 is 0.921 bits per heavy atom. The van der Waals surface area contributed by atoms with Crippen LogP contribution in [0.15, 0.2) is 83.4 Å². The molecule has 5 aromatic rings. The van der Waals surface area contributed by atoms with Gasteiger partial charge in [0.1, 0.15) is 23.8 Å². The van der Waals surface area contributed by atoms with Crippen LogP contribution in [0.4, 0.5) is 0 Å². The lowest BCUT2D eigenvalue weighted by Crippen LogP contribution is -2.02. The first-order valence-electron chi connectivity index (χ1n) is 12.1. The standard InChI is InChI=1S/C31H25Cl2NO4/c1-18(2)30-25(29(34-38-30)28-26(32)8-5-9-27(28)33)17-37-22-14-12-19(13-15-22)21-11-10-20-6-4-7-23(24(20)16-21)31(35)36-3/h4-16,18H,17H2,1-3H3. The van der Waals surface area contributed by atoms with Crippen molar-refractivity contribution in [2.24, 2.45) is 0 Å². The average Bonchev–Trinajstić information content (AvgIpc) is 3.35. The summed E-state index contributed by atoms with van der Waals surface area (Å²) in [5.41, 5.74) is 4.54. The topological polar surface area (TPSA) is 61.6 Å². The third-order valence-electron chi connectivity index (χ3n) is 6.40. The lowest BCUT2D eigenvalue weighted by molar-refractivity contribution is 0.0603. The van der Waals surface area contributed by atoms with Gasteiger partial charge in [-0.25, -0.2) is 4.79 Å². The predicted molar refractivity (Wildman–Crippen MR) is 151 cm³/mol. The molecule has 1 aromatic heterocycles. The van der Waals surface area contributed by atoms with Gasteiger partial charge in [0, 0.05) is 11.5 Å². The highest BCUT2D eigenvalue weighted by Gasteiger charge is 2.24. The van der Waals surface area contributed by atoms with Crippen molar-refractivity contribution < 1.29 is 18.8 Å². The van der Waals surface area contributed by atoms with Crippen LogP contribution in [0, 0.1) is 0 Å². The first kappa shape index (κ1) is 25.8. The van der Waals surface area contributed by atoms with E-state index in [9.17, 15) is 4.79 Å². The number of hydrogen-bond acceptors (Lipinski definition) is 5. The van der Waals surface area contributed by atoms with Crippen molar-refractivity contribution in [3.8, 4) is 28.1 Å². The van der Waals surface area contributed by atoms with Gasteiger partial charge >= 0.3 is 5.97 Å². The molecule has 0 aliphatic carbocycles. The summed E-state index contributed by atoms with van der Waals surface area (Å²) >= 11 is 12.9. The highest BCUT2D eigenvalue weighted by molar-refractivity contribution is 6.39. The summed E-state index contributed by atoms with van der Waals surface area (Å²) < 4.78 is 16.8. The fourth-order valence-corrected chi connectivity index (χ4v) is 5.05. The van der Waals surface area contributed by atoms with Crippen LogP contribution in [0.1, 0.15) is 41.4 Å². The van der Waals surface area contributed by atoms with E-state index in [2.05, 4.69) is 5.16 Å². The van der Waals surface area contributed by atoms with Crippen molar-refractivity contribution in [2.45, 2.75) is 26.4 Å². The van der Waals surface area contributed by atoms with Gasteiger partial charge in [0.15, 0.2) is 0 Å². The van der Waals surface area contributed by atoms with E-state index < -0.39 is 0 Å². The molecule has 1 heterocycles. The number of ether oxygens (including phenoxy) is 2. The molecular formula is C31H25Cl2NO4. The summed E-state index contributed by atoms with van der Waals surface area (Å²) in [7, 11) is 1.39. The number of carbonyl (C=O) groups is 1.